The van der Waals surface area contributed by atoms with Crippen LogP contribution in [0.25, 0.3) is 10.2 Å². The van der Waals surface area contributed by atoms with Crippen LogP contribution in [0.3, 0.4) is 0 Å². The maximum atomic E-state index is 13.0. The Bertz CT molecular complexity index is 1190. The molecule has 0 bridgehead atoms. The van der Waals surface area contributed by atoms with Gasteiger partial charge in [-0.05, 0) is 51.1 Å². The maximum absolute atomic E-state index is 13.0. The number of amides is 1. The molecule has 0 N–H and O–H groups in total. The lowest BCUT2D eigenvalue weighted by atomic mass is 10.2. The molecular weight excluding hydrogens is 456 g/mol. The number of likely N-dealkylation sites (N-methyl/N-ethyl adjacent to an activating group) is 1. The molecule has 2 aromatic carbocycles. The van der Waals surface area contributed by atoms with E-state index in [4.69, 9.17) is 0 Å². The molecule has 0 unspecified atom stereocenters. The third-order valence-corrected chi connectivity index (χ3v) is 9.33. The first-order valence-electron chi connectivity index (χ1n) is 11.2. The van der Waals surface area contributed by atoms with Gasteiger partial charge in [0.15, 0.2) is 0 Å². The highest BCUT2D eigenvalue weighted by atomic mass is 32.2. The van der Waals surface area contributed by atoms with Crippen molar-refractivity contribution >= 4 is 37.5 Å². The summed E-state index contributed by atoms with van der Waals surface area (Å²) in [4.78, 5) is 21.8. The monoisotopic (exact) mass is 486 g/mol. The number of hydrogen-bond acceptors (Lipinski definition) is 6. The van der Waals surface area contributed by atoms with Crippen molar-refractivity contribution in [1.29, 1.82) is 0 Å². The Morgan fingerprint density at radius 3 is 2.55 bits per heavy atom. The molecule has 33 heavy (non-hydrogen) atoms. The first-order chi connectivity index (χ1) is 15.8. The standard InChI is InChI=1S/C24H30N4O3S2/c1-18-9-11-20(12-10-18)33(30,31)28-14-6-13-27(15-16-28)17-23(29)26(3)19(2)24-25-21-7-4-5-8-22(21)32-24/h4-5,7-12,19H,6,13-17H2,1-3H3/t19-/m1/s1. The molecule has 0 spiro atoms. The number of aryl methyl sites for hydroxylation is 1. The number of para-hydroxylation sites is 1. The van der Waals surface area contributed by atoms with E-state index in [0.717, 1.165) is 20.8 Å². The number of carbonyl (C=O) groups is 1. The molecule has 1 aromatic heterocycles. The SMILES string of the molecule is Cc1ccc(S(=O)(=O)N2CCCN(CC(=O)N(C)[C@H](C)c3nc4ccccc4s3)CC2)cc1. The minimum absolute atomic E-state index is 0.0107. The van der Waals surface area contributed by atoms with Crippen LogP contribution in [0, 0.1) is 6.92 Å². The van der Waals surface area contributed by atoms with Crippen LogP contribution >= 0.6 is 11.3 Å². The van der Waals surface area contributed by atoms with E-state index in [-0.39, 0.29) is 18.5 Å². The fraction of sp³-hybridized carbons (Fsp3) is 0.417. The summed E-state index contributed by atoms with van der Waals surface area (Å²) in [6.45, 7) is 6.25. The van der Waals surface area contributed by atoms with Gasteiger partial charge in [-0.15, -0.1) is 11.3 Å². The minimum atomic E-state index is -3.53. The van der Waals surface area contributed by atoms with Gasteiger partial charge in [-0.25, -0.2) is 13.4 Å². The fourth-order valence-corrected chi connectivity index (χ4v) is 6.49. The minimum Gasteiger partial charge on any atom is -0.335 e. The lowest BCUT2D eigenvalue weighted by Crippen LogP contribution is -2.41. The van der Waals surface area contributed by atoms with Crippen LogP contribution < -0.4 is 0 Å². The Hall–Kier alpha value is -2.33. The van der Waals surface area contributed by atoms with Crippen LogP contribution in [0.4, 0.5) is 0 Å². The molecule has 2 heterocycles. The van der Waals surface area contributed by atoms with E-state index < -0.39 is 10.0 Å². The molecule has 9 heteroatoms. The Kier molecular flexibility index (Phi) is 7.13. The summed E-state index contributed by atoms with van der Waals surface area (Å²) in [6, 6.07) is 14.8. The van der Waals surface area contributed by atoms with E-state index in [2.05, 4.69) is 9.88 Å². The smallest absolute Gasteiger partial charge is 0.243 e. The molecule has 1 saturated heterocycles. The predicted molar refractivity (Wildman–Crippen MR) is 132 cm³/mol. The third-order valence-electron chi connectivity index (χ3n) is 6.21. The molecule has 0 radical (unpaired) electrons. The number of thiazole rings is 1. The van der Waals surface area contributed by atoms with Gasteiger partial charge < -0.3 is 4.90 Å². The summed E-state index contributed by atoms with van der Waals surface area (Å²) in [5.41, 5.74) is 1.98. The second-order valence-corrected chi connectivity index (χ2v) is 11.5. The second kappa shape index (κ2) is 9.89. The molecule has 7 nitrogen and oxygen atoms in total. The molecule has 1 amide bonds. The summed E-state index contributed by atoms with van der Waals surface area (Å²) in [6.07, 6.45) is 0.690. The number of sulfonamides is 1. The van der Waals surface area contributed by atoms with E-state index in [1.807, 2.05) is 57.3 Å². The van der Waals surface area contributed by atoms with Gasteiger partial charge in [0.05, 0.1) is 27.7 Å². The molecule has 1 aliphatic rings. The van der Waals surface area contributed by atoms with Crippen molar-refractivity contribution < 1.29 is 13.2 Å². The summed E-state index contributed by atoms with van der Waals surface area (Å²) < 4.78 is 28.7. The van der Waals surface area contributed by atoms with Gasteiger partial charge in [0.2, 0.25) is 15.9 Å². The van der Waals surface area contributed by atoms with E-state index in [9.17, 15) is 13.2 Å². The Morgan fingerprint density at radius 2 is 1.82 bits per heavy atom. The van der Waals surface area contributed by atoms with Crippen LogP contribution in [0.5, 0.6) is 0 Å². The molecule has 1 aliphatic heterocycles. The Balaban J connectivity index is 1.37. The van der Waals surface area contributed by atoms with Gasteiger partial charge in [-0.1, -0.05) is 29.8 Å². The average molecular weight is 487 g/mol. The largest absolute Gasteiger partial charge is 0.335 e. The van der Waals surface area contributed by atoms with Crippen LogP contribution in [0.2, 0.25) is 0 Å². The zero-order valence-corrected chi connectivity index (χ0v) is 20.9. The number of rotatable bonds is 6. The van der Waals surface area contributed by atoms with Gasteiger partial charge in [0.25, 0.3) is 0 Å². The molecule has 176 valence electrons. The lowest BCUT2D eigenvalue weighted by Gasteiger charge is -2.27. The van der Waals surface area contributed by atoms with Crippen LogP contribution in [0.15, 0.2) is 53.4 Å². The van der Waals surface area contributed by atoms with Gasteiger partial charge in [-0.3, -0.25) is 9.69 Å². The van der Waals surface area contributed by atoms with Gasteiger partial charge in [0, 0.05) is 26.7 Å². The lowest BCUT2D eigenvalue weighted by molar-refractivity contribution is -0.133. The van der Waals surface area contributed by atoms with Gasteiger partial charge in [0.1, 0.15) is 5.01 Å². The Morgan fingerprint density at radius 1 is 1.09 bits per heavy atom. The highest BCUT2D eigenvalue weighted by Gasteiger charge is 2.28. The van der Waals surface area contributed by atoms with Crippen molar-refractivity contribution in [2.75, 3.05) is 39.8 Å². The Labute approximate surface area is 199 Å². The van der Waals surface area contributed by atoms with E-state index in [0.29, 0.717) is 37.5 Å². The van der Waals surface area contributed by atoms with Crippen LogP contribution in [-0.4, -0.2) is 73.2 Å². The molecular formula is C24H30N4O3S2. The van der Waals surface area contributed by atoms with Crippen molar-refractivity contribution in [3.8, 4) is 0 Å². The zero-order chi connectivity index (χ0) is 23.6. The van der Waals surface area contributed by atoms with Crippen molar-refractivity contribution in [1.82, 2.24) is 19.1 Å². The summed E-state index contributed by atoms with van der Waals surface area (Å²) in [7, 11) is -1.72. The molecule has 1 fully saturated rings. The van der Waals surface area contributed by atoms with Crippen molar-refractivity contribution in [3.63, 3.8) is 0 Å². The third kappa shape index (κ3) is 5.27. The first-order valence-corrected chi connectivity index (χ1v) is 13.4. The molecule has 0 saturated carbocycles. The zero-order valence-electron chi connectivity index (χ0n) is 19.3. The van der Waals surface area contributed by atoms with Crippen LogP contribution in [-0.2, 0) is 14.8 Å². The van der Waals surface area contributed by atoms with E-state index >= 15 is 0 Å². The molecule has 1 atom stereocenters. The molecule has 0 aliphatic carbocycles. The number of nitrogens with zero attached hydrogens (tertiary/aromatic N) is 4. The summed E-state index contributed by atoms with van der Waals surface area (Å²) in [5.74, 6) is 0.0107. The first kappa shape index (κ1) is 23.8. The summed E-state index contributed by atoms with van der Waals surface area (Å²) in [5, 5.41) is 0.915. The quantitative estimate of drug-likeness (QED) is 0.533. The van der Waals surface area contributed by atoms with E-state index in [1.54, 1.807) is 28.4 Å². The van der Waals surface area contributed by atoms with Gasteiger partial charge >= 0.3 is 0 Å². The summed E-state index contributed by atoms with van der Waals surface area (Å²) >= 11 is 1.61. The average Bonchev–Trinajstić information content (AvgIpc) is 3.10. The predicted octanol–water partition coefficient (Wildman–Crippen LogP) is 3.52. The number of benzene rings is 2. The normalized spacial score (nSPS) is 17.1. The second-order valence-electron chi connectivity index (χ2n) is 8.55. The van der Waals surface area contributed by atoms with Gasteiger partial charge in [-0.2, -0.15) is 4.31 Å². The topological polar surface area (TPSA) is 73.8 Å². The van der Waals surface area contributed by atoms with E-state index in [1.165, 1.54) is 4.31 Å². The number of fused-ring (bicyclic) bond motifs is 1. The number of carbonyl (C=O) groups excluding carboxylic acids is 1. The maximum Gasteiger partial charge on any atom is 0.243 e. The van der Waals surface area contributed by atoms with Crippen molar-refractivity contribution in [2.24, 2.45) is 0 Å². The fourth-order valence-electron chi connectivity index (χ4n) is 3.96. The highest BCUT2D eigenvalue weighted by Crippen LogP contribution is 2.29. The van der Waals surface area contributed by atoms with Crippen LogP contribution in [0.1, 0.15) is 30.0 Å². The molecule has 4 rings (SSSR count). The molecule has 3 aromatic rings. The number of hydrogen-bond donors (Lipinski definition) is 0. The highest BCUT2D eigenvalue weighted by molar-refractivity contribution is 7.89. The van der Waals surface area contributed by atoms with Crippen molar-refractivity contribution in [3.05, 3.63) is 59.1 Å². The number of aromatic nitrogens is 1. The van der Waals surface area contributed by atoms with Crippen molar-refractivity contribution in [2.45, 2.75) is 31.2 Å².